The highest BCUT2D eigenvalue weighted by atomic mass is 32.1. The Morgan fingerprint density at radius 2 is 1.64 bits per heavy atom. The molecular formula is C18H12N2O4S. The predicted octanol–water partition coefficient (Wildman–Crippen LogP) is 2.98. The van der Waals surface area contributed by atoms with E-state index in [2.05, 4.69) is 4.98 Å². The number of para-hydroxylation sites is 1. The quantitative estimate of drug-likeness (QED) is 0.675. The number of fused-ring (bicyclic) bond motifs is 2. The van der Waals surface area contributed by atoms with Crippen molar-refractivity contribution in [2.24, 2.45) is 0 Å². The summed E-state index contributed by atoms with van der Waals surface area (Å²) in [5.41, 5.74) is 1.37. The van der Waals surface area contributed by atoms with E-state index in [0.717, 1.165) is 15.2 Å². The number of aryl methyl sites for hydroxylation is 1. The molecule has 0 N–H and O–H groups in total. The number of thiazole rings is 1. The van der Waals surface area contributed by atoms with Crippen LogP contribution in [0, 0.1) is 0 Å². The van der Waals surface area contributed by atoms with Crippen molar-refractivity contribution in [1.82, 2.24) is 10.0 Å². The molecule has 0 aliphatic carbocycles. The van der Waals surface area contributed by atoms with Crippen molar-refractivity contribution >= 4 is 39.3 Å². The Morgan fingerprint density at radius 3 is 2.32 bits per heavy atom. The molecule has 1 aliphatic rings. The van der Waals surface area contributed by atoms with Crippen LogP contribution >= 0.6 is 11.3 Å². The van der Waals surface area contributed by atoms with Crippen LogP contribution in [0.25, 0.3) is 10.2 Å². The fourth-order valence-electron chi connectivity index (χ4n) is 2.63. The second-order valence-electron chi connectivity index (χ2n) is 5.49. The molecule has 124 valence electrons. The van der Waals surface area contributed by atoms with Crippen LogP contribution in [-0.4, -0.2) is 27.8 Å². The van der Waals surface area contributed by atoms with Gasteiger partial charge in [-0.25, -0.2) is 9.78 Å². The Balaban J connectivity index is 1.41. The van der Waals surface area contributed by atoms with Gasteiger partial charge in [0.2, 0.25) is 0 Å². The third-order valence-corrected chi connectivity index (χ3v) is 4.93. The molecule has 7 heteroatoms. The zero-order valence-corrected chi connectivity index (χ0v) is 13.8. The zero-order chi connectivity index (χ0) is 17.4. The molecule has 0 atom stereocenters. The highest BCUT2D eigenvalue weighted by molar-refractivity contribution is 7.18. The first kappa shape index (κ1) is 15.5. The summed E-state index contributed by atoms with van der Waals surface area (Å²) >= 11 is 1.51. The molecule has 3 aromatic rings. The summed E-state index contributed by atoms with van der Waals surface area (Å²) in [5.74, 6) is -1.88. The monoisotopic (exact) mass is 352 g/mol. The summed E-state index contributed by atoms with van der Waals surface area (Å²) in [6.07, 6.45) is 0.425. The van der Waals surface area contributed by atoms with Crippen molar-refractivity contribution in [3.8, 4) is 0 Å². The van der Waals surface area contributed by atoms with Crippen LogP contribution in [0.4, 0.5) is 0 Å². The third-order valence-electron chi connectivity index (χ3n) is 3.83. The summed E-state index contributed by atoms with van der Waals surface area (Å²) < 4.78 is 1.05. The maximum Gasteiger partial charge on any atom is 0.333 e. The molecule has 25 heavy (non-hydrogen) atoms. The maximum absolute atomic E-state index is 12.2. The van der Waals surface area contributed by atoms with Gasteiger partial charge in [0.1, 0.15) is 0 Å². The lowest BCUT2D eigenvalue weighted by Crippen LogP contribution is -2.32. The van der Waals surface area contributed by atoms with Gasteiger partial charge in [-0.05, 0) is 24.3 Å². The molecule has 4 rings (SSSR count). The van der Waals surface area contributed by atoms with E-state index < -0.39 is 17.8 Å². The lowest BCUT2D eigenvalue weighted by atomic mass is 10.1. The number of hydrogen-bond donors (Lipinski definition) is 0. The summed E-state index contributed by atoms with van der Waals surface area (Å²) in [5, 5.41) is 1.34. The molecule has 2 amide bonds. The number of hydrogen-bond acceptors (Lipinski definition) is 6. The molecule has 2 aromatic carbocycles. The van der Waals surface area contributed by atoms with Crippen LogP contribution in [0.3, 0.4) is 0 Å². The topological polar surface area (TPSA) is 76.6 Å². The van der Waals surface area contributed by atoms with Crippen LogP contribution in [0.15, 0.2) is 48.5 Å². The number of aromatic nitrogens is 1. The van der Waals surface area contributed by atoms with Crippen molar-refractivity contribution in [2.45, 2.75) is 12.8 Å². The molecule has 0 saturated carbocycles. The van der Waals surface area contributed by atoms with Crippen LogP contribution in [0.5, 0.6) is 0 Å². The van der Waals surface area contributed by atoms with E-state index in [1.807, 2.05) is 24.3 Å². The zero-order valence-electron chi connectivity index (χ0n) is 13.0. The number of carbonyl (C=O) groups is 3. The van der Waals surface area contributed by atoms with Gasteiger partial charge in [0.15, 0.2) is 0 Å². The largest absolute Gasteiger partial charge is 0.333 e. The Hall–Kier alpha value is -3.06. The lowest BCUT2D eigenvalue weighted by molar-refractivity contribution is -0.168. The molecule has 0 spiro atoms. The van der Waals surface area contributed by atoms with Crippen molar-refractivity contribution < 1.29 is 19.2 Å². The van der Waals surface area contributed by atoms with Gasteiger partial charge in [0, 0.05) is 6.42 Å². The van der Waals surface area contributed by atoms with Crippen LogP contribution in [0.2, 0.25) is 0 Å². The first-order valence-electron chi connectivity index (χ1n) is 7.66. The van der Waals surface area contributed by atoms with Crippen molar-refractivity contribution in [2.75, 3.05) is 0 Å². The standard InChI is InChI=1S/C18H12N2O4S/c21-16(10-9-15-19-13-7-3-4-8-14(13)25-15)24-20-17(22)11-5-1-2-6-12(11)18(20)23/h1-8H,9-10H2. The maximum atomic E-state index is 12.2. The molecule has 0 bridgehead atoms. The van der Waals surface area contributed by atoms with Crippen molar-refractivity contribution in [1.29, 1.82) is 0 Å². The average Bonchev–Trinajstić information content (AvgIpc) is 3.15. The minimum absolute atomic E-state index is 0.0349. The summed E-state index contributed by atoms with van der Waals surface area (Å²) in [7, 11) is 0. The number of nitrogens with zero attached hydrogens (tertiary/aromatic N) is 2. The number of amides is 2. The fraction of sp³-hybridized carbons (Fsp3) is 0.111. The number of imide groups is 1. The normalized spacial score (nSPS) is 13.4. The van der Waals surface area contributed by atoms with Gasteiger partial charge in [0.25, 0.3) is 11.8 Å². The minimum Gasteiger partial charge on any atom is -0.330 e. The van der Waals surface area contributed by atoms with E-state index in [0.29, 0.717) is 11.5 Å². The van der Waals surface area contributed by atoms with Gasteiger partial charge in [-0.15, -0.1) is 11.3 Å². The van der Waals surface area contributed by atoms with Gasteiger partial charge in [-0.1, -0.05) is 29.3 Å². The molecule has 1 aliphatic heterocycles. The van der Waals surface area contributed by atoms with E-state index in [4.69, 9.17) is 4.84 Å². The average molecular weight is 352 g/mol. The summed E-state index contributed by atoms with van der Waals surface area (Å²) in [4.78, 5) is 45.8. The highest BCUT2D eigenvalue weighted by Crippen LogP contribution is 2.24. The molecule has 0 unspecified atom stereocenters. The number of benzene rings is 2. The predicted molar refractivity (Wildman–Crippen MR) is 91.0 cm³/mol. The van der Waals surface area contributed by atoms with E-state index >= 15 is 0 Å². The Labute approximate surface area is 146 Å². The van der Waals surface area contributed by atoms with Crippen molar-refractivity contribution in [3.05, 3.63) is 64.7 Å². The molecular weight excluding hydrogens is 340 g/mol. The lowest BCUT2D eigenvalue weighted by Gasteiger charge is -2.12. The Morgan fingerprint density at radius 1 is 1.00 bits per heavy atom. The van der Waals surface area contributed by atoms with Crippen LogP contribution in [-0.2, 0) is 16.1 Å². The first-order valence-corrected chi connectivity index (χ1v) is 8.48. The second kappa shape index (κ2) is 6.10. The SMILES string of the molecule is O=C(CCc1nc2ccccc2s1)ON1C(=O)c2ccccc2C1=O. The molecule has 0 fully saturated rings. The van der Waals surface area contributed by atoms with E-state index in [-0.39, 0.29) is 17.5 Å². The Bertz CT molecular complexity index is 943. The highest BCUT2D eigenvalue weighted by Gasteiger charge is 2.38. The van der Waals surface area contributed by atoms with Crippen molar-refractivity contribution in [3.63, 3.8) is 0 Å². The number of carbonyl (C=O) groups excluding carboxylic acids is 3. The molecule has 0 radical (unpaired) electrons. The second-order valence-corrected chi connectivity index (χ2v) is 6.60. The van der Waals surface area contributed by atoms with Crippen LogP contribution in [0.1, 0.15) is 32.1 Å². The van der Waals surface area contributed by atoms with Gasteiger partial charge >= 0.3 is 5.97 Å². The summed E-state index contributed by atoms with van der Waals surface area (Å²) in [6, 6.07) is 14.1. The molecule has 2 heterocycles. The van der Waals surface area contributed by atoms with Gasteiger partial charge in [0.05, 0.1) is 32.8 Å². The van der Waals surface area contributed by atoms with E-state index in [1.165, 1.54) is 23.5 Å². The Kier molecular flexibility index (Phi) is 3.77. The van der Waals surface area contributed by atoms with E-state index in [1.54, 1.807) is 12.1 Å². The number of hydroxylamine groups is 2. The fourth-order valence-corrected chi connectivity index (χ4v) is 3.60. The third kappa shape index (κ3) is 2.78. The smallest absolute Gasteiger partial charge is 0.330 e. The summed E-state index contributed by atoms with van der Waals surface area (Å²) in [6.45, 7) is 0. The molecule has 0 saturated heterocycles. The molecule has 1 aromatic heterocycles. The van der Waals surface area contributed by atoms with Gasteiger partial charge < -0.3 is 4.84 Å². The molecule has 6 nitrogen and oxygen atoms in total. The van der Waals surface area contributed by atoms with Gasteiger partial charge in [-0.2, -0.15) is 0 Å². The number of rotatable bonds is 4. The van der Waals surface area contributed by atoms with Crippen LogP contribution < -0.4 is 0 Å². The van der Waals surface area contributed by atoms with Gasteiger partial charge in [-0.3, -0.25) is 9.59 Å². The van der Waals surface area contributed by atoms with E-state index in [9.17, 15) is 14.4 Å². The first-order chi connectivity index (χ1) is 12.1. The minimum atomic E-state index is -0.645.